The van der Waals surface area contributed by atoms with E-state index in [9.17, 15) is 14.4 Å². The van der Waals surface area contributed by atoms with Crippen molar-refractivity contribution in [2.24, 2.45) is 0 Å². The Morgan fingerprint density at radius 2 is 1.96 bits per heavy atom. The van der Waals surface area contributed by atoms with Crippen molar-refractivity contribution < 1.29 is 28.6 Å². The molecule has 1 aliphatic heterocycles. The molecule has 1 aliphatic rings. The highest BCUT2D eigenvalue weighted by Gasteiger charge is 2.37. The molecule has 28 heavy (non-hydrogen) atoms. The third-order valence-corrected chi connectivity index (χ3v) is 4.13. The number of carbonyl (C=O) groups excluding carboxylic acids is 3. The van der Waals surface area contributed by atoms with Gasteiger partial charge < -0.3 is 19.5 Å². The molecule has 2 rings (SSSR count). The molecule has 0 saturated carbocycles. The molecule has 0 radical (unpaired) electrons. The van der Waals surface area contributed by atoms with E-state index in [1.165, 1.54) is 12.0 Å². The maximum Gasteiger partial charge on any atom is 0.411 e. The number of aryl methyl sites for hydroxylation is 1. The second kappa shape index (κ2) is 8.95. The molecular weight excluding hydrogens is 364 g/mol. The number of hydrogen-bond donors (Lipinski definition) is 1. The predicted molar refractivity (Wildman–Crippen MR) is 103 cm³/mol. The molecule has 2 amide bonds. The molecule has 1 aromatic carbocycles. The number of likely N-dealkylation sites (tertiary alicyclic amines) is 1. The zero-order chi connectivity index (χ0) is 20.9. The van der Waals surface area contributed by atoms with Gasteiger partial charge in [0.1, 0.15) is 17.4 Å². The number of hydrogen-bond acceptors (Lipinski definition) is 6. The van der Waals surface area contributed by atoms with E-state index in [-0.39, 0.29) is 0 Å². The van der Waals surface area contributed by atoms with Gasteiger partial charge >= 0.3 is 12.1 Å². The molecule has 8 nitrogen and oxygen atoms in total. The van der Waals surface area contributed by atoms with Crippen LogP contribution in [0.15, 0.2) is 18.2 Å². The third kappa shape index (κ3) is 5.87. The van der Waals surface area contributed by atoms with Crippen LogP contribution in [-0.4, -0.2) is 54.8 Å². The van der Waals surface area contributed by atoms with Crippen molar-refractivity contribution in [1.82, 2.24) is 4.90 Å². The van der Waals surface area contributed by atoms with Gasteiger partial charge in [-0.3, -0.25) is 9.69 Å². The zero-order valence-corrected chi connectivity index (χ0v) is 17.0. The van der Waals surface area contributed by atoms with Crippen LogP contribution in [-0.2, 0) is 19.1 Å². The number of amides is 2. The van der Waals surface area contributed by atoms with Gasteiger partial charge in [-0.1, -0.05) is 6.07 Å². The number of benzene rings is 1. The molecule has 0 aliphatic carbocycles. The first-order valence-electron chi connectivity index (χ1n) is 9.21. The second-order valence-corrected chi connectivity index (χ2v) is 7.69. The van der Waals surface area contributed by atoms with E-state index >= 15 is 0 Å². The lowest BCUT2D eigenvalue weighted by Gasteiger charge is -2.27. The largest absolute Gasteiger partial charge is 0.495 e. The lowest BCUT2D eigenvalue weighted by atomic mass is 10.2. The molecule has 0 spiro atoms. The molecular formula is C20H28N2O6. The van der Waals surface area contributed by atoms with Crippen molar-refractivity contribution in [2.45, 2.75) is 52.2 Å². The van der Waals surface area contributed by atoms with Crippen LogP contribution in [0, 0.1) is 6.92 Å². The molecule has 0 bridgehead atoms. The highest BCUT2D eigenvalue weighted by molar-refractivity contribution is 5.94. The number of nitrogens with one attached hydrogen (secondary N) is 1. The van der Waals surface area contributed by atoms with Gasteiger partial charge in [-0.2, -0.15) is 0 Å². The van der Waals surface area contributed by atoms with Crippen LogP contribution in [0.1, 0.15) is 39.2 Å². The summed E-state index contributed by atoms with van der Waals surface area (Å²) in [7, 11) is 1.51. The van der Waals surface area contributed by atoms with Gasteiger partial charge in [-0.15, -0.1) is 0 Å². The number of carbonyl (C=O) groups is 3. The first-order valence-corrected chi connectivity index (χ1v) is 9.21. The lowest BCUT2D eigenvalue weighted by Crippen LogP contribution is -2.44. The highest BCUT2D eigenvalue weighted by Crippen LogP contribution is 2.25. The minimum absolute atomic E-state index is 0.418. The second-order valence-electron chi connectivity index (χ2n) is 7.69. The molecule has 154 valence electrons. The van der Waals surface area contributed by atoms with Gasteiger partial charge in [0.2, 0.25) is 0 Å². The lowest BCUT2D eigenvalue weighted by molar-refractivity contribution is -0.151. The van der Waals surface area contributed by atoms with Gasteiger partial charge in [-0.05, 0) is 58.2 Å². The topological polar surface area (TPSA) is 94.2 Å². The number of methoxy groups -OCH3 is 1. The minimum atomic E-state index is -0.740. The maximum absolute atomic E-state index is 12.4. The summed E-state index contributed by atoms with van der Waals surface area (Å²) in [4.78, 5) is 38.2. The van der Waals surface area contributed by atoms with Crippen molar-refractivity contribution in [1.29, 1.82) is 0 Å². The Labute approximate surface area is 165 Å². The summed E-state index contributed by atoms with van der Waals surface area (Å²) in [6.45, 7) is 7.14. The maximum atomic E-state index is 12.4. The van der Waals surface area contributed by atoms with Gasteiger partial charge in [0.15, 0.2) is 6.61 Å². The standard InChI is InChI=1S/C20H28N2O6/c1-13-8-9-16(26-5)14(11-13)21-17(23)12-27-18(24)15-7-6-10-22(15)19(25)28-20(2,3)4/h8-9,11,15H,6-7,10,12H2,1-5H3,(H,21,23)/t15-/m0/s1. The summed E-state index contributed by atoms with van der Waals surface area (Å²) >= 11 is 0. The van der Waals surface area contributed by atoms with E-state index in [1.54, 1.807) is 32.9 Å². The van der Waals surface area contributed by atoms with Crippen LogP contribution in [0.2, 0.25) is 0 Å². The van der Waals surface area contributed by atoms with E-state index in [4.69, 9.17) is 14.2 Å². The van der Waals surface area contributed by atoms with Gasteiger partial charge in [0.25, 0.3) is 5.91 Å². The average molecular weight is 392 g/mol. The number of esters is 1. The summed E-state index contributed by atoms with van der Waals surface area (Å²) < 4.78 is 15.7. The molecule has 1 aromatic rings. The van der Waals surface area contributed by atoms with E-state index in [0.717, 1.165) is 5.56 Å². The average Bonchev–Trinajstić information content (AvgIpc) is 3.08. The van der Waals surface area contributed by atoms with E-state index < -0.39 is 36.2 Å². The SMILES string of the molecule is COc1ccc(C)cc1NC(=O)COC(=O)[C@@H]1CCCN1C(=O)OC(C)(C)C. The third-order valence-electron chi connectivity index (χ3n) is 4.13. The Morgan fingerprint density at radius 3 is 2.61 bits per heavy atom. The summed E-state index contributed by atoms with van der Waals surface area (Å²) in [6, 6.07) is 4.63. The van der Waals surface area contributed by atoms with Crippen LogP contribution < -0.4 is 10.1 Å². The van der Waals surface area contributed by atoms with Crippen molar-refractivity contribution in [3.63, 3.8) is 0 Å². The van der Waals surface area contributed by atoms with Crippen molar-refractivity contribution >= 4 is 23.7 Å². The van der Waals surface area contributed by atoms with Crippen LogP contribution in [0.25, 0.3) is 0 Å². The van der Waals surface area contributed by atoms with Crippen LogP contribution >= 0.6 is 0 Å². The molecule has 1 heterocycles. The Hall–Kier alpha value is -2.77. The van der Waals surface area contributed by atoms with E-state index in [2.05, 4.69) is 5.32 Å². The normalized spacial score (nSPS) is 16.5. The van der Waals surface area contributed by atoms with Crippen LogP contribution in [0.3, 0.4) is 0 Å². The molecule has 1 atom stereocenters. The smallest absolute Gasteiger partial charge is 0.411 e. The highest BCUT2D eigenvalue weighted by atomic mass is 16.6. The molecule has 0 unspecified atom stereocenters. The minimum Gasteiger partial charge on any atom is -0.495 e. The Bertz CT molecular complexity index is 741. The molecule has 1 fully saturated rings. The molecule has 1 saturated heterocycles. The molecule has 1 N–H and O–H groups in total. The van der Waals surface area contributed by atoms with Crippen molar-refractivity contribution in [3.05, 3.63) is 23.8 Å². The Balaban J connectivity index is 1.91. The van der Waals surface area contributed by atoms with Crippen molar-refractivity contribution in [3.8, 4) is 5.75 Å². The van der Waals surface area contributed by atoms with E-state index in [1.807, 2.05) is 13.0 Å². The summed E-state index contributed by atoms with van der Waals surface area (Å²) in [6.07, 6.45) is 0.595. The van der Waals surface area contributed by atoms with Crippen molar-refractivity contribution in [2.75, 3.05) is 25.6 Å². The van der Waals surface area contributed by atoms with E-state index in [0.29, 0.717) is 30.8 Å². The zero-order valence-electron chi connectivity index (χ0n) is 17.0. The van der Waals surface area contributed by atoms with Gasteiger partial charge in [0.05, 0.1) is 12.8 Å². The molecule has 0 aromatic heterocycles. The van der Waals surface area contributed by atoms with Gasteiger partial charge in [0, 0.05) is 6.54 Å². The molecule has 8 heteroatoms. The number of ether oxygens (including phenoxy) is 3. The summed E-state index contributed by atoms with van der Waals surface area (Å²) in [5.41, 5.74) is 0.799. The predicted octanol–water partition coefficient (Wildman–Crippen LogP) is 2.88. The monoisotopic (exact) mass is 392 g/mol. The fourth-order valence-electron chi connectivity index (χ4n) is 2.89. The Morgan fingerprint density at radius 1 is 1.25 bits per heavy atom. The Kier molecular flexibility index (Phi) is 6.88. The number of nitrogens with zero attached hydrogens (tertiary/aromatic N) is 1. The van der Waals surface area contributed by atoms with Gasteiger partial charge in [-0.25, -0.2) is 9.59 Å². The van der Waals surface area contributed by atoms with Crippen LogP contribution in [0.4, 0.5) is 10.5 Å². The summed E-state index contributed by atoms with van der Waals surface area (Å²) in [5.74, 6) is -0.592. The summed E-state index contributed by atoms with van der Waals surface area (Å²) in [5, 5.41) is 2.67. The fraction of sp³-hybridized carbons (Fsp3) is 0.550. The first-order chi connectivity index (χ1) is 13.1. The number of anilines is 1. The van der Waals surface area contributed by atoms with Crippen LogP contribution in [0.5, 0.6) is 5.75 Å². The number of rotatable bonds is 5. The first kappa shape index (κ1) is 21.5. The quantitative estimate of drug-likeness (QED) is 0.775. The fourth-order valence-corrected chi connectivity index (χ4v) is 2.89.